The Morgan fingerprint density at radius 2 is 2.12 bits per heavy atom. The summed E-state index contributed by atoms with van der Waals surface area (Å²) in [6.07, 6.45) is 7.21. The molecule has 0 aromatic carbocycles. The van der Waals surface area contributed by atoms with Gasteiger partial charge in [-0.3, -0.25) is 0 Å². The van der Waals surface area contributed by atoms with Gasteiger partial charge in [-0.1, -0.05) is 13.3 Å². The maximum absolute atomic E-state index is 5.50. The zero-order chi connectivity index (χ0) is 12.1. The third-order valence-corrected chi connectivity index (χ3v) is 4.41. The Bertz CT molecular complexity index is 222. The molecule has 2 fully saturated rings. The number of ether oxygens (including phenoxy) is 1. The molecule has 3 nitrogen and oxygen atoms in total. The Labute approximate surface area is 106 Å². The molecule has 3 heteroatoms. The highest BCUT2D eigenvalue weighted by Crippen LogP contribution is 2.27. The molecule has 1 heterocycles. The summed E-state index contributed by atoms with van der Waals surface area (Å²) in [4.78, 5) is 2.62. The first-order chi connectivity index (χ1) is 8.33. The summed E-state index contributed by atoms with van der Waals surface area (Å²) in [5, 5.41) is 3.65. The van der Waals surface area contributed by atoms with E-state index >= 15 is 0 Å². The smallest absolute Gasteiger partial charge is 0.0698 e. The second kappa shape index (κ2) is 6.72. The number of piperidine rings is 1. The zero-order valence-corrected chi connectivity index (χ0v) is 11.5. The van der Waals surface area contributed by atoms with E-state index in [1.54, 1.807) is 0 Å². The molecule has 3 unspecified atom stereocenters. The second-order valence-electron chi connectivity index (χ2n) is 5.61. The summed E-state index contributed by atoms with van der Waals surface area (Å²) in [6, 6.07) is 0.767. The Morgan fingerprint density at radius 3 is 2.88 bits per heavy atom. The van der Waals surface area contributed by atoms with Crippen molar-refractivity contribution in [1.82, 2.24) is 10.2 Å². The molecule has 1 saturated carbocycles. The van der Waals surface area contributed by atoms with Crippen LogP contribution >= 0.6 is 0 Å². The fraction of sp³-hybridized carbons (Fsp3) is 1.00. The van der Waals surface area contributed by atoms with Crippen LogP contribution in [0.5, 0.6) is 0 Å². The van der Waals surface area contributed by atoms with Crippen LogP contribution < -0.4 is 5.32 Å². The van der Waals surface area contributed by atoms with Gasteiger partial charge in [-0.05, 0) is 44.7 Å². The van der Waals surface area contributed by atoms with Crippen LogP contribution in [0.4, 0.5) is 0 Å². The standard InChI is InChI=1S/C14H28N2O/c1-3-15-14-8-4-6-12(14)10-16-9-5-7-13(11-16)17-2/h12-15H,3-11H2,1-2H3. The van der Waals surface area contributed by atoms with Gasteiger partial charge in [0.15, 0.2) is 0 Å². The first-order valence-electron chi connectivity index (χ1n) is 7.32. The molecule has 1 saturated heterocycles. The van der Waals surface area contributed by atoms with Gasteiger partial charge in [0.05, 0.1) is 6.10 Å². The number of hydrogen-bond acceptors (Lipinski definition) is 3. The van der Waals surface area contributed by atoms with Crippen LogP contribution in [-0.2, 0) is 4.74 Å². The van der Waals surface area contributed by atoms with Crippen molar-refractivity contribution in [3.63, 3.8) is 0 Å². The number of likely N-dealkylation sites (tertiary alicyclic amines) is 1. The van der Waals surface area contributed by atoms with Crippen molar-refractivity contribution in [2.45, 2.75) is 51.2 Å². The molecule has 100 valence electrons. The summed E-state index contributed by atoms with van der Waals surface area (Å²) in [7, 11) is 1.85. The summed E-state index contributed by atoms with van der Waals surface area (Å²) >= 11 is 0. The van der Waals surface area contributed by atoms with E-state index in [4.69, 9.17) is 4.74 Å². The first kappa shape index (κ1) is 13.3. The summed E-state index contributed by atoms with van der Waals surface area (Å²) in [5.74, 6) is 0.866. The Balaban J connectivity index is 1.79. The van der Waals surface area contributed by atoms with Gasteiger partial charge >= 0.3 is 0 Å². The molecule has 3 atom stereocenters. The predicted octanol–water partition coefficient (Wildman–Crippen LogP) is 1.88. The van der Waals surface area contributed by atoms with Crippen LogP contribution in [0.2, 0.25) is 0 Å². The molecule has 0 bridgehead atoms. The van der Waals surface area contributed by atoms with E-state index in [-0.39, 0.29) is 0 Å². The molecule has 1 aliphatic heterocycles. The van der Waals surface area contributed by atoms with Crippen LogP contribution in [0.3, 0.4) is 0 Å². The van der Waals surface area contributed by atoms with Crippen molar-refractivity contribution in [3.05, 3.63) is 0 Å². The van der Waals surface area contributed by atoms with Gasteiger partial charge in [0.2, 0.25) is 0 Å². The molecular weight excluding hydrogens is 212 g/mol. The van der Waals surface area contributed by atoms with Gasteiger partial charge in [0.25, 0.3) is 0 Å². The number of hydrogen-bond donors (Lipinski definition) is 1. The highest BCUT2D eigenvalue weighted by Gasteiger charge is 2.29. The lowest BCUT2D eigenvalue weighted by Gasteiger charge is -2.35. The highest BCUT2D eigenvalue weighted by atomic mass is 16.5. The summed E-state index contributed by atoms with van der Waals surface area (Å²) in [5.41, 5.74) is 0. The van der Waals surface area contributed by atoms with E-state index in [0.29, 0.717) is 6.10 Å². The minimum absolute atomic E-state index is 0.475. The number of methoxy groups -OCH3 is 1. The quantitative estimate of drug-likeness (QED) is 0.794. The number of rotatable bonds is 5. The fourth-order valence-electron chi connectivity index (χ4n) is 3.49. The van der Waals surface area contributed by atoms with Gasteiger partial charge in [-0.15, -0.1) is 0 Å². The van der Waals surface area contributed by atoms with E-state index in [0.717, 1.165) is 25.0 Å². The fourth-order valence-corrected chi connectivity index (χ4v) is 3.49. The van der Waals surface area contributed by atoms with Crippen LogP contribution in [0.15, 0.2) is 0 Å². The molecule has 0 aromatic rings. The maximum Gasteiger partial charge on any atom is 0.0698 e. The molecule has 1 aliphatic carbocycles. The van der Waals surface area contributed by atoms with Crippen LogP contribution in [0.25, 0.3) is 0 Å². The van der Waals surface area contributed by atoms with Gasteiger partial charge in [-0.2, -0.15) is 0 Å². The molecule has 0 amide bonds. The van der Waals surface area contributed by atoms with Crippen LogP contribution in [-0.4, -0.2) is 50.3 Å². The molecule has 2 aliphatic rings. The Kier molecular flexibility index (Phi) is 5.26. The zero-order valence-electron chi connectivity index (χ0n) is 11.5. The lowest BCUT2D eigenvalue weighted by atomic mass is 10.0. The third kappa shape index (κ3) is 3.67. The summed E-state index contributed by atoms with van der Waals surface area (Å²) in [6.45, 7) is 7.03. The monoisotopic (exact) mass is 240 g/mol. The Hall–Kier alpha value is -0.120. The number of nitrogens with zero attached hydrogens (tertiary/aromatic N) is 1. The number of nitrogens with one attached hydrogen (secondary N) is 1. The minimum Gasteiger partial charge on any atom is -0.380 e. The van der Waals surface area contributed by atoms with E-state index in [1.165, 1.54) is 45.2 Å². The third-order valence-electron chi connectivity index (χ3n) is 4.41. The van der Waals surface area contributed by atoms with Gasteiger partial charge < -0.3 is 15.0 Å². The van der Waals surface area contributed by atoms with Crippen molar-refractivity contribution in [2.24, 2.45) is 5.92 Å². The van der Waals surface area contributed by atoms with Gasteiger partial charge in [-0.25, -0.2) is 0 Å². The average molecular weight is 240 g/mol. The first-order valence-corrected chi connectivity index (χ1v) is 7.32. The normalized spacial score (nSPS) is 35.3. The molecule has 2 rings (SSSR count). The molecule has 0 spiro atoms. The molecule has 17 heavy (non-hydrogen) atoms. The van der Waals surface area contributed by atoms with Crippen molar-refractivity contribution >= 4 is 0 Å². The topological polar surface area (TPSA) is 24.5 Å². The summed E-state index contributed by atoms with van der Waals surface area (Å²) < 4.78 is 5.50. The van der Waals surface area contributed by atoms with Crippen LogP contribution in [0.1, 0.15) is 39.0 Å². The molecular formula is C14H28N2O. The van der Waals surface area contributed by atoms with Crippen molar-refractivity contribution in [2.75, 3.05) is 33.3 Å². The van der Waals surface area contributed by atoms with Crippen molar-refractivity contribution in [3.8, 4) is 0 Å². The minimum atomic E-state index is 0.475. The Morgan fingerprint density at radius 1 is 1.24 bits per heavy atom. The lowest BCUT2D eigenvalue weighted by molar-refractivity contribution is 0.0248. The largest absolute Gasteiger partial charge is 0.380 e. The van der Waals surface area contributed by atoms with Gasteiger partial charge in [0, 0.05) is 26.2 Å². The second-order valence-corrected chi connectivity index (χ2v) is 5.61. The van der Waals surface area contributed by atoms with E-state index < -0.39 is 0 Å². The van der Waals surface area contributed by atoms with E-state index in [2.05, 4.69) is 17.1 Å². The highest BCUT2D eigenvalue weighted by molar-refractivity contribution is 4.86. The van der Waals surface area contributed by atoms with E-state index in [1.807, 2.05) is 7.11 Å². The molecule has 0 radical (unpaired) electrons. The lowest BCUT2D eigenvalue weighted by Crippen LogP contribution is -2.45. The maximum atomic E-state index is 5.50. The predicted molar refractivity (Wildman–Crippen MR) is 71.3 cm³/mol. The van der Waals surface area contributed by atoms with Crippen molar-refractivity contribution < 1.29 is 4.74 Å². The average Bonchev–Trinajstić information content (AvgIpc) is 2.78. The van der Waals surface area contributed by atoms with Gasteiger partial charge in [0.1, 0.15) is 0 Å². The molecule has 0 aromatic heterocycles. The van der Waals surface area contributed by atoms with E-state index in [9.17, 15) is 0 Å². The SMILES string of the molecule is CCNC1CCCC1CN1CCCC(OC)C1. The molecule has 1 N–H and O–H groups in total. The van der Waals surface area contributed by atoms with Crippen molar-refractivity contribution in [1.29, 1.82) is 0 Å². The van der Waals surface area contributed by atoms with Crippen LogP contribution in [0, 0.1) is 5.92 Å².